The molecule has 0 radical (unpaired) electrons. The fraction of sp³-hybridized carbons (Fsp3) is 0.300. The Labute approximate surface area is 147 Å². The Morgan fingerprint density at radius 2 is 1.72 bits per heavy atom. The van der Waals surface area contributed by atoms with Crippen LogP contribution in [0.15, 0.2) is 60.7 Å². The second-order valence-corrected chi connectivity index (χ2v) is 6.93. The van der Waals surface area contributed by atoms with Crippen LogP contribution in [0.2, 0.25) is 0 Å². The number of benzene rings is 2. The molecular weight excluding hydrogens is 310 g/mol. The molecule has 1 saturated heterocycles. The SMILES string of the molecule is c1ccc(CN2C[C@@H]3[C@@H](C2)NCc2c(-c4ccccc4)nnn23)cc1. The van der Waals surface area contributed by atoms with E-state index in [2.05, 4.69) is 79.8 Å². The van der Waals surface area contributed by atoms with Crippen LogP contribution in [0.5, 0.6) is 0 Å². The summed E-state index contributed by atoms with van der Waals surface area (Å²) in [7, 11) is 0. The van der Waals surface area contributed by atoms with Crippen LogP contribution in [0.1, 0.15) is 17.3 Å². The van der Waals surface area contributed by atoms with E-state index in [1.54, 1.807) is 0 Å². The number of likely N-dealkylation sites (tertiary alicyclic amines) is 1. The van der Waals surface area contributed by atoms with E-state index in [0.29, 0.717) is 12.1 Å². The van der Waals surface area contributed by atoms with Gasteiger partial charge in [0.2, 0.25) is 0 Å². The zero-order valence-corrected chi connectivity index (χ0v) is 14.0. The molecule has 126 valence electrons. The molecule has 0 saturated carbocycles. The quantitative estimate of drug-likeness (QED) is 0.801. The lowest BCUT2D eigenvalue weighted by Gasteiger charge is -2.27. The highest BCUT2D eigenvalue weighted by atomic mass is 15.5. The largest absolute Gasteiger partial charge is 0.305 e. The van der Waals surface area contributed by atoms with Crippen molar-refractivity contribution in [2.24, 2.45) is 0 Å². The van der Waals surface area contributed by atoms with E-state index >= 15 is 0 Å². The summed E-state index contributed by atoms with van der Waals surface area (Å²) in [6, 6.07) is 21.8. The molecule has 5 rings (SSSR count). The van der Waals surface area contributed by atoms with Crippen molar-refractivity contribution in [1.82, 2.24) is 25.2 Å². The molecule has 5 nitrogen and oxygen atoms in total. The fourth-order valence-electron chi connectivity index (χ4n) is 4.08. The van der Waals surface area contributed by atoms with Gasteiger partial charge in [0, 0.05) is 37.8 Å². The number of hydrogen-bond donors (Lipinski definition) is 1. The minimum atomic E-state index is 0.359. The van der Waals surface area contributed by atoms with E-state index in [9.17, 15) is 0 Å². The Balaban J connectivity index is 1.40. The third-order valence-electron chi connectivity index (χ3n) is 5.30. The Morgan fingerprint density at radius 1 is 0.960 bits per heavy atom. The van der Waals surface area contributed by atoms with Gasteiger partial charge in [0.25, 0.3) is 0 Å². The number of nitrogens with one attached hydrogen (secondary N) is 1. The van der Waals surface area contributed by atoms with Crippen molar-refractivity contribution < 1.29 is 0 Å². The summed E-state index contributed by atoms with van der Waals surface area (Å²) in [4.78, 5) is 2.51. The molecule has 5 heteroatoms. The van der Waals surface area contributed by atoms with Gasteiger partial charge in [0.05, 0.1) is 11.7 Å². The van der Waals surface area contributed by atoms with Crippen LogP contribution in [0.25, 0.3) is 11.3 Å². The van der Waals surface area contributed by atoms with Crippen molar-refractivity contribution in [2.45, 2.75) is 25.2 Å². The monoisotopic (exact) mass is 331 g/mol. The summed E-state index contributed by atoms with van der Waals surface area (Å²) in [5, 5.41) is 12.7. The third kappa shape index (κ3) is 2.65. The molecule has 0 bridgehead atoms. The lowest BCUT2D eigenvalue weighted by molar-refractivity contribution is 0.307. The van der Waals surface area contributed by atoms with E-state index in [4.69, 9.17) is 0 Å². The van der Waals surface area contributed by atoms with Crippen molar-refractivity contribution in [2.75, 3.05) is 13.1 Å². The lowest BCUT2D eigenvalue weighted by atomic mass is 10.1. The van der Waals surface area contributed by atoms with Crippen LogP contribution < -0.4 is 5.32 Å². The van der Waals surface area contributed by atoms with Gasteiger partial charge in [-0.2, -0.15) is 0 Å². The summed E-state index contributed by atoms with van der Waals surface area (Å²) < 4.78 is 2.16. The summed E-state index contributed by atoms with van der Waals surface area (Å²) in [6.45, 7) is 3.89. The van der Waals surface area contributed by atoms with Gasteiger partial charge in [-0.1, -0.05) is 65.9 Å². The van der Waals surface area contributed by atoms with E-state index < -0.39 is 0 Å². The molecule has 1 fully saturated rings. The first-order valence-electron chi connectivity index (χ1n) is 8.87. The standard InChI is InChI=1S/C20H21N5/c1-3-7-15(8-4-1)12-24-13-17-19(14-24)25-18(11-21-17)20(22-23-25)16-9-5-2-6-10-16/h1-10,17,19,21H,11-14H2/t17-,19-/m1/s1. The minimum absolute atomic E-state index is 0.359. The Morgan fingerprint density at radius 3 is 2.52 bits per heavy atom. The smallest absolute Gasteiger partial charge is 0.117 e. The molecule has 0 spiro atoms. The van der Waals surface area contributed by atoms with E-state index in [1.165, 1.54) is 11.3 Å². The van der Waals surface area contributed by atoms with Gasteiger partial charge in [-0.15, -0.1) is 5.10 Å². The first kappa shape index (κ1) is 14.8. The van der Waals surface area contributed by atoms with Crippen molar-refractivity contribution in [1.29, 1.82) is 0 Å². The Kier molecular flexibility index (Phi) is 3.61. The van der Waals surface area contributed by atoms with E-state index in [0.717, 1.165) is 37.4 Å². The Hall–Kier alpha value is -2.50. The minimum Gasteiger partial charge on any atom is -0.305 e. The number of rotatable bonds is 3. The lowest BCUT2D eigenvalue weighted by Crippen LogP contribution is -2.42. The fourth-order valence-corrected chi connectivity index (χ4v) is 4.08. The predicted octanol–water partition coefficient (Wildman–Crippen LogP) is 2.47. The summed E-state index contributed by atoms with van der Waals surface area (Å²) in [5.41, 5.74) is 4.72. The number of aromatic nitrogens is 3. The maximum Gasteiger partial charge on any atom is 0.117 e. The van der Waals surface area contributed by atoms with Crippen molar-refractivity contribution in [3.63, 3.8) is 0 Å². The van der Waals surface area contributed by atoms with Crippen LogP contribution in [0.4, 0.5) is 0 Å². The molecule has 0 unspecified atom stereocenters. The first-order chi connectivity index (χ1) is 12.4. The average Bonchev–Trinajstić information content (AvgIpc) is 3.26. The molecule has 2 aliphatic heterocycles. The topological polar surface area (TPSA) is 46.0 Å². The molecule has 25 heavy (non-hydrogen) atoms. The van der Waals surface area contributed by atoms with Crippen molar-refractivity contribution in [3.05, 3.63) is 71.9 Å². The third-order valence-corrected chi connectivity index (χ3v) is 5.30. The van der Waals surface area contributed by atoms with Gasteiger partial charge in [0.1, 0.15) is 5.69 Å². The zero-order valence-electron chi connectivity index (χ0n) is 14.0. The van der Waals surface area contributed by atoms with Crippen LogP contribution in [-0.4, -0.2) is 39.0 Å². The maximum atomic E-state index is 4.52. The highest BCUT2D eigenvalue weighted by molar-refractivity contribution is 5.61. The number of hydrogen-bond acceptors (Lipinski definition) is 4. The van der Waals surface area contributed by atoms with Gasteiger partial charge in [-0.3, -0.25) is 4.90 Å². The van der Waals surface area contributed by atoms with Crippen molar-refractivity contribution >= 4 is 0 Å². The molecule has 1 N–H and O–H groups in total. The summed E-state index contributed by atoms with van der Waals surface area (Å²) in [6.07, 6.45) is 0. The molecule has 0 aliphatic carbocycles. The van der Waals surface area contributed by atoms with Crippen LogP contribution in [0, 0.1) is 0 Å². The summed E-state index contributed by atoms with van der Waals surface area (Å²) >= 11 is 0. The average molecular weight is 331 g/mol. The Bertz CT molecular complexity index is 858. The molecule has 2 atom stereocenters. The van der Waals surface area contributed by atoms with Gasteiger partial charge in [0.15, 0.2) is 0 Å². The highest BCUT2D eigenvalue weighted by Crippen LogP contribution is 2.31. The number of fused-ring (bicyclic) bond motifs is 3. The van der Waals surface area contributed by atoms with E-state index in [-0.39, 0.29) is 0 Å². The molecule has 2 aromatic carbocycles. The van der Waals surface area contributed by atoms with E-state index in [1.807, 2.05) is 6.07 Å². The normalized spacial score (nSPS) is 22.6. The first-order valence-corrected chi connectivity index (χ1v) is 8.87. The molecule has 3 aromatic rings. The predicted molar refractivity (Wildman–Crippen MR) is 96.8 cm³/mol. The molecule has 2 aliphatic rings. The van der Waals surface area contributed by atoms with Crippen LogP contribution in [0.3, 0.4) is 0 Å². The molecule has 0 amide bonds. The molecular formula is C20H21N5. The highest BCUT2D eigenvalue weighted by Gasteiger charge is 2.39. The second-order valence-electron chi connectivity index (χ2n) is 6.93. The zero-order chi connectivity index (χ0) is 16.6. The van der Waals surface area contributed by atoms with Gasteiger partial charge >= 0.3 is 0 Å². The number of nitrogens with zero attached hydrogens (tertiary/aromatic N) is 4. The van der Waals surface area contributed by atoms with Crippen LogP contribution >= 0.6 is 0 Å². The maximum absolute atomic E-state index is 4.52. The van der Waals surface area contributed by atoms with Gasteiger partial charge < -0.3 is 5.32 Å². The molecule has 1 aromatic heterocycles. The van der Waals surface area contributed by atoms with Crippen molar-refractivity contribution in [3.8, 4) is 11.3 Å². The van der Waals surface area contributed by atoms with Gasteiger partial charge in [-0.25, -0.2) is 4.68 Å². The summed E-state index contributed by atoms with van der Waals surface area (Å²) in [5.74, 6) is 0. The second kappa shape index (κ2) is 6.10. The molecule has 3 heterocycles. The van der Waals surface area contributed by atoms with Crippen LogP contribution in [-0.2, 0) is 13.1 Å². The van der Waals surface area contributed by atoms with Gasteiger partial charge in [-0.05, 0) is 5.56 Å².